The normalized spacial score (nSPS) is 12.7. The predicted octanol–water partition coefficient (Wildman–Crippen LogP) is 2.54. The van der Waals surface area contributed by atoms with Crippen LogP contribution in [0.5, 0.6) is 11.5 Å². The Kier molecular flexibility index (Phi) is 2.53. The lowest BCUT2D eigenvalue weighted by atomic mass is 10.3. The summed E-state index contributed by atoms with van der Waals surface area (Å²) in [6, 6.07) is 9.57. The third-order valence-corrected chi connectivity index (χ3v) is 3.27. The van der Waals surface area contributed by atoms with E-state index < -0.39 is 0 Å². The van der Waals surface area contributed by atoms with E-state index in [4.69, 9.17) is 15.2 Å². The van der Waals surface area contributed by atoms with Crippen LogP contribution in [0.15, 0.2) is 46.5 Å². The minimum absolute atomic E-state index is 0.295. The number of aromatic nitrogens is 1. The van der Waals surface area contributed by atoms with Crippen molar-refractivity contribution in [2.45, 2.75) is 9.92 Å². The van der Waals surface area contributed by atoms with Crippen LogP contribution in [-0.2, 0) is 0 Å². The molecule has 2 aromatic rings. The fourth-order valence-corrected chi connectivity index (χ4v) is 2.30. The van der Waals surface area contributed by atoms with Crippen LogP contribution in [0.25, 0.3) is 0 Å². The first-order valence-electron chi connectivity index (χ1n) is 5.10. The zero-order valence-electron chi connectivity index (χ0n) is 8.92. The number of ether oxygens (including phenoxy) is 2. The second kappa shape index (κ2) is 4.18. The Balaban J connectivity index is 1.83. The lowest BCUT2D eigenvalue weighted by molar-refractivity contribution is 0.174. The molecular formula is C12H10N2O2S. The Bertz CT molecular complexity index is 543. The Morgan fingerprint density at radius 2 is 2.00 bits per heavy atom. The van der Waals surface area contributed by atoms with Crippen LogP contribution < -0.4 is 15.2 Å². The Morgan fingerprint density at radius 3 is 2.82 bits per heavy atom. The van der Waals surface area contributed by atoms with Crippen molar-refractivity contribution >= 4 is 17.4 Å². The summed E-state index contributed by atoms with van der Waals surface area (Å²) in [5, 5.41) is 0.901. The van der Waals surface area contributed by atoms with Crippen molar-refractivity contribution in [3.63, 3.8) is 0 Å². The van der Waals surface area contributed by atoms with Crippen molar-refractivity contribution < 1.29 is 9.47 Å². The number of pyridine rings is 1. The van der Waals surface area contributed by atoms with E-state index >= 15 is 0 Å². The molecule has 0 aliphatic carbocycles. The van der Waals surface area contributed by atoms with Crippen LogP contribution in [0.4, 0.5) is 5.69 Å². The zero-order valence-corrected chi connectivity index (χ0v) is 9.74. The average molecular weight is 246 g/mol. The fraction of sp³-hybridized carbons (Fsp3) is 0.0833. The largest absolute Gasteiger partial charge is 0.454 e. The van der Waals surface area contributed by atoms with Gasteiger partial charge in [0.1, 0.15) is 5.03 Å². The van der Waals surface area contributed by atoms with Gasteiger partial charge < -0.3 is 15.2 Å². The van der Waals surface area contributed by atoms with E-state index in [0.717, 1.165) is 21.4 Å². The molecule has 1 aromatic carbocycles. The molecular weight excluding hydrogens is 236 g/mol. The van der Waals surface area contributed by atoms with Crippen molar-refractivity contribution in [3.05, 3.63) is 36.5 Å². The molecule has 0 unspecified atom stereocenters. The minimum atomic E-state index is 0.295. The minimum Gasteiger partial charge on any atom is -0.454 e. The Hall–Kier alpha value is -1.88. The van der Waals surface area contributed by atoms with Gasteiger partial charge in [0.25, 0.3) is 0 Å². The van der Waals surface area contributed by atoms with Crippen LogP contribution in [0.2, 0.25) is 0 Å². The van der Waals surface area contributed by atoms with Crippen molar-refractivity contribution in [1.29, 1.82) is 0 Å². The van der Waals surface area contributed by atoms with Crippen LogP contribution in [-0.4, -0.2) is 11.8 Å². The molecule has 5 heteroatoms. The van der Waals surface area contributed by atoms with Crippen LogP contribution in [0.1, 0.15) is 0 Å². The summed E-state index contributed by atoms with van der Waals surface area (Å²) in [5.74, 6) is 1.57. The van der Waals surface area contributed by atoms with Crippen LogP contribution in [0, 0.1) is 0 Å². The number of rotatable bonds is 2. The highest BCUT2D eigenvalue weighted by atomic mass is 32.2. The third kappa shape index (κ3) is 2.14. The Morgan fingerprint density at radius 1 is 1.12 bits per heavy atom. The molecule has 17 heavy (non-hydrogen) atoms. The van der Waals surface area contributed by atoms with Gasteiger partial charge >= 0.3 is 0 Å². The maximum Gasteiger partial charge on any atom is 0.231 e. The highest BCUT2D eigenvalue weighted by Gasteiger charge is 2.13. The van der Waals surface area contributed by atoms with Gasteiger partial charge in [0.2, 0.25) is 6.79 Å². The van der Waals surface area contributed by atoms with Gasteiger partial charge in [-0.3, -0.25) is 0 Å². The van der Waals surface area contributed by atoms with E-state index in [2.05, 4.69) is 4.98 Å². The van der Waals surface area contributed by atoms with Gasteiger partial charge in [-0.2, -0.15) is 0 Å². The predicted molar refractivity (Wildman–Crippen MR) is 65.3 cm³/mol. The van der Waals surface area contributed by atoms with Gasteiger partial charge in [-0.1, -0.05) is 11.8 Å². The SMILES string of the molecule is Nc1ccc(Sc2ccc3c(c2)OCO3)nc1. The van der Waals surface area contributed by atoms with Gasteiger partial charge in [-0.25, -0.2) is 4.98 Å². The number of fused-ring (bicyclic) bond motifs is 1. The van der Waals surface area contributed by atoms with Crippen molar-refractivity contribution in [1.82, 2.24) is 4.98 Å². The zero-order chi connectivity index (χ0) is 11.7. The molecule has 0 atom stereocenters. The number of nitrogens with two attached hydrogens (primary N) is 1. The molecule has 0 saturated carbocycles. The van der Waals surface area contributed by atoms with Gasteiger partial charge in [-0.15, -0.1) is 0 Å². The van der Waals surface area contributed by atoms with Crippen molar-refractivity contribution in [3.8, 4) is 11.5 Å². The van der Waals surface area contributed by atoms with E-state index in [0.29, 0.717) is 12.5 Å². The maximum absolute atomic E-state index is 5.59. The van der Waals surface area contributed by atoms with Gasteiger partial charge in [-0.05, 0) is 30.3 Å². The third-order valence-electron chi connectivity index (χ3n) is 2.33. The average Bonchev–Trinajstić information content (AvgIpc) is 2.79. The molecule has 0 bridgehead atoms. The van der Waals surface area contributed by atoms with Crippen molar-refractivity contribution in [2.75, 3.05) is 12.5 Å². The first-order chi connectivity index (χ1) is 8.31. The Labute approximate surface area is 103 Å². The molecule has 1 aliphatic rings. The molecule has 4 nitrogen and oxygen atoms in total. The lowest BCUT2D eigenvalue weighted by Crippen LogP contribution is -1.92. The molecule has 0 radical (unpaired) electrons. The summed E-state index contributed by atoms with van der Waals surface area (Å²) in [6.45, 7) is 0.295. The van der Waals surface area contributed by atoms with Gasteiger partial charge in [0.15, 0.2) is 11.5 Å². The lowest BCUT2D eigenvalue weighted by Gasteiger charge is -2.02. The first-order valence-corrected chi connectivity index (χ1v) is 5.92. The summed E-state index contributed by atoms with van der Waals surface area (Å²) in [5.41, 5.74) is 6.25. The van der Waals surface area contributed by atoms with Crippen LogP contribution >= 0.6 is 11.8 Å². The van der Waals surface area contributed by atoms with E-state index in [9.17, 15) is 0 Å². The van der Waals surface area contributed by atoms with E-state index in [1.165, 1.54) is 0 Å². The highest BCUT2D eigenvalue weighted by molar-refractivity contribution is 7.99. The molecule has 2 N–H and O–H groups in total. The molecule has 1 aliphatic heterocycles. The molecule has 86 valence electrons. The summed E-state index contributed by atoms with van der Waals surface area (Å²) in [4.78, 5) is 5.29. The number of anilines is 1. The summed E-state index contributed by atoms with van der Waals surface area (Å²) >= 11 is 1.56. The number of hydrogen-bond acceptors (Lipinski definition) is 5. The standard InChI is InChI=1S/C12H10N2O2S/c13-8-1-4-12(14-6-8)17-9-2-3-10-11(5-9)16-7-15-10/h1-6H,7,13H2. The number of hydrogen-bond donors (Lipinski definition) is 1. The first kappa shape index (κ1) is 10.3. The topological polar surface area (TPSA) is 57.4 Å². The molecule has 0 fully saturated rings. The number of benzene rings is 1. The summed E-state index contributed by atoms with van der Waals surface area (Å²) < 4.78 is 10.6. The molecule has 0 saturated heterocycles. The molecule has 0 amide bonds. The van der Waals surface area contributed by atoms with E-state index in [1.54, 1.807) is 18.0 Å². The molecule has 0 spiro atoms. The second-order valence-electron chi connectivity index (χ2n) is 3.55. The highest BCUT2D eigenvalue weighted by Crippen LogP contribution is 2.37. The fourth-order valence-electron chi connectivity index (χ4n) is 1.51. The summed E-state index contributed by atoms with van der Waals surface area (Å²) in [7, 11) is 0. The van der Waals surface area contributed by atoms with Gasteiger partial charge in [0.05, 0.1) is 11.9 Å². The molecule has 3 rings (SSSR count). The maximum atomic E-state index is 5.59. The van der Waals surface area contributed by atoms with Gasteiger partial charge in [0, 0.05) is 4.90 Å². The van der Waals surface area contributed by atoms with Crippen molar-refractivity contribution in [2.24, 2.45) is 0 Å². The smallest absolute Gasteiger partial charge is 0.231 e. The second-order valence-corrected chi connectivity index (χ2v) is 4.64. The van der Waals surface area contributed by atoms with E-state index in [1.807, 2.05) is 30.3 Å². The molecule has 1 aromatic heterocycles. The number of nitrogen functional groups attached to an aromatic ring is 1. The van der Waals surface area contributed by atoms with E-state index in [-0.39, 0.29) is 0 Å². The quantitative estimate of drug-likeness (QED) is 0.882. The molecule has 2 heterocycles. The monoisotopic (exact) mass is 246 g/mol. The summed E-state index contributed by atoms with van der Waals surface area (Å²) in [6.07, 6.45) is 1.65. The number of nitrogens with zero attached hydrogens (tertiary/aromatic N) is 1. The van der Waals surface area contributed by atoms with Crippen LogP contribution in [0.3, 0.4) is 0 Å².